The molecule has 2 N–H and O–H groups in total. The highest BCUT2D eigenvalue weighted by Gasteiger charge is 2.09. The van der Waals surface area contributed by atoms with E-state index >= 15 is 0 Å². The van der Waals surface area contributed by atoms with Gasteiger partial charge in [-0.25, -0.2) is 13.1 Å². The summed E-state index contributed by atoms with van der Waals surface area (Å²) in [6, 6.07) is 1.52. The summed E-state index contributed by atoms with van der Waals surface area (Å²) in [7, 11) is -2.05. The molecule has 0 fully saturated rings. The first kappa shape index (κ1) is 14.8. The largest absolute Gasteiger partial charge is 0.383 e. The Labute approximate surface area is 94.8 Å². The number of nitrogens with one attached hydrogen (secondary N) is 2. The first-order valence-corrected chi connectivity index (χ1v) is 6.27. The van der Waals surface area contributed by atoms with E-state index < -0.39 is 15.8 Å². The van der Waals surface area contributed by atoms with Gasteiger partial charge < -0.3 is 10.1 Å². The summed E-state index contributed by atoms with van der Waals surface area (Å²) in [5, 5.41) is 10.7. The van der Waals surface area contributed by atoms with Crippen molar-refractivity contribution in [1.82, 2.24) is 10.0 Å². The third kappa shape index (κ3) is 8.16. The quantitative estimate of drug-likeness (QED) is 0.513. The molecule has 0 bridgehead atoms. The molecule has 0 saturated carbocycles. The minimum absolute atomic E-state index is 0.0111. The van der Waals surface area contributed by atoms with Crippen LogP contribution in [0.1, 0.15) is 6.42 Å². The second kappa shape index (κ2) is 8.04. The summed E-state index contributed by atoms with van der Waals surface area (Å²) in [4.78, 5) is 11.1. The average molecular weight is 249 g/mol. The van der Waals surface area contributed by atoms with Crippen LogP contribution in [0.15, 0.2) is 0 Å². The Morgan fingerprint density at radius 1 is 1.44 bits per heavy atom. The minimum atomic E-state index is -3.57. The Hall–Kier alpha value is -1.17. The molecule has 92 valence electrons. The summed E-state index contributed by atoms with van der Waals surface area (Å²) >= 11 is 0. The number of nitrogens with zero attached hydrogens (tertiary/aromatic N) is 1. The number of hydrogen-bond acceptors (Lipinski definition) is 5. The predicted octanol–water partition coefficient (Wildman–Crippen LogP) is -1.42. The van der Waals surface area contributed by atoms with E-state index in [1.165, 1.54) is 13.2 Å². The van der Waals surface area contributed by atoms with Crippen LogP contribution in [0.25, 0.3) is 0 Å². The van der Waals surface area contributed by atoms with Crippen LogP contribution in [0.5, 0.6) is 0 Å². The van der Waals surface area contributed by atoms with Crippen LogP contribution in [-0.2, 0) is 19.6 Å². The molecule has 0 aromatic carbocycles. The zero-order valence-corrected chi connectivity index (χ0v) is 9.84. The van der Waals surface area contributed by atoms with Gasteiger partial charge in [0.1, 0.15) is 0 Å². The maximum atomic E-state index is 11.1. The van der Waals surface area contributed by atoms with Crippen LogP contribution in [-0.4, -0.2) is 46.9 Å². The van der Waals surface area contributed by atoms with Crippen LogP contribution in [0.2, 0.25) is 0 Å². The number of carbonyl (C=O) groups excluding carboxylic acids is 1. The second-order valence-corrected chi connectivity index (χ2v) is 4.71. The summed E-state index contributed by atoms with van der Waals surface area (Å²) in [6.45, 7) is 0.787. The molecule has 8 heteroatoms. The molecule has 16 heavy (non-hydrogen) atoms. The number of ether oxygens (including phenoxy) is 1. The lowest BCUT2D eigenvalue weighted by atomic mass is 10.4. The number of sulfonamides is 1. The van der Waals surface area contributed by atoms with Gasteiger partial charge in [0, 0.05) is 26.6 Å². The number of amides is 1. The maximum absolute atomic E-state index is 11.1. The lowest BCUT2D eigenvalue weighted by Gasteiger charge is -2.05. The molecule has 0 heterocycles. The van der Waals surface area contributed by atoms with Crippen molar-refractivity contribution >= 4 is 15.9 Å². The molecule has 0 aliphatic rings. The molecular formula is C8H15N3O4S. The van der Waals surface area contributed by atoms with Gasteiger partial charge in [0.05, 0.1) is 12.7 Å². The molecule has 0 spiro atoms. The predicted molar refractivity (Wildman–Crippen MR) is 56.9 cm³/mol. The second-order valence-electron chi connectivity index (χ2n) is 2.90. The topological polar surface area (TPSA) is 108 Å². The van der Waals surface area contributed by atoms with Crippen LogP contribution < -0.4 is 10.0 Å². The Morgan fingerprint density at radius 3 is 2.69 bits per heavy atom. The van der Waals surface area contributed by atoms with E-state index in [0.717, 1.165) is 0 Å². The van der Waals surface area contributed by atoms with Crippen molar-refractivity contribution in [3.8, 4) is 6.07 Å². The zero-order valence-electron chi connectivity index (χ0n) is 9.02. The van der Waals surface area contributed by atoms with Crippen molar-refractivity contribution in [3.63, 3.8) is 0 Å². The lowest BCUT2D eigenvalue weighted by Crippen LogP contribution is -2.33. The van der Waals surface area contributed by atoms with E-state index in [1.807, 2.05) is 0 Å². The molecule has 0 aliphatic carbocycles. The van der Waals surface area contributed by atoms with Crippen molar-refractivity contribution in [2.24, 2.45) is 0 Å². The fourth-order valence-electron chi connectivity index (χ4n) is 0.837. The fraction of sp³-hybridized carbons (Fsp3) is 0.750. The Bertz CT molecular complexity index is 347. The van der Waals surface area contributed by atoms with E-state index in [1.54, 1.807) is 0 Å². The number of nitriles is 1. The molecule has 0 saturated heterocycles. The highest BCUT2D eigenvalue weighted by atomic mass is 32.2. The minimum Gasteiger partial charge on any atom is -0.383 e. The normalized spacial score (nSPS) is 10.8. The van der Waals surface area contributed by atoms with Crippen molar-refractivity contribution in [2.75, 3.05) is 32.6 Å². The molecule has 0 unspecified atom stereocenters. The van der Waals surface area contributed by atoms with E-state index in [-0.39, 0.29) is 18.9 Å². The highest BCUT2D eigenvalue weighted by molar-refractivity contribution is 7.89. The monoisotopic (exact) mass is 249 g/mol. The van der Waals surface area contributed by atoms with E-state index in [4.69, 9.17) is 10.00 Å². The lowest BCUT2D eigenvalue weighted by molar-refractivity contribution is -0.121. The van der Waals surface area contributed by atoms with Crippen molar-refractivity contribution in [1.29, 1.82) is 5.26 Å². The Kier molecular flexibility index (Phi) is 7.45. The molecule has 0 atom stereocenters. The highest BCUT2D eigenvalue weighted by Crippen LogP contribution is 1.84. The zero-order chi connectivity index (χ0) is 12.4. The van der Waals surface area contributed by atoms with Gasteiger partial charge in [0.25, 0.3) is 0 Å². The van der Waals surface area contributed by atoms with Crippen molar-refractivity contribution < 1.29 is 17.9 Å². The summed E-state index contributed by atoms with van der Waals surface area (Å²) in [5.41, 5.74) is 0. The van der Waals surface area contributed by atoms with Gasteiger partial charge in [-0.05, 0) is 0 Å². The van der Waals surface area contributed by atoms with Gasteiger partial charge in [-0.2, -0.15) is 5.26 Å². The van der Waals surface area contributed by atoms with Crippen LogP contribution in [0.4, 0.5) is 0 Å². The Morgan fingerprint density at radius 2 is 2.12 bits per heavy atom. The molecule has 7 nitrogen and oxygen atoms in total. The fourth-order valence-corrected chi connectivity index (χ4v) is 1.52. The standard InChI is InChI=1S/C8H15N3O4S/c1-15-6-5-10-8(12)2-4-11-16(13,14)7-3-9/h11H,2,4-7H2,1H3,(H,10,12). The Balaban J connectivity index is 3.66. The SMILES string of the molecule is COCCNC(=O)CCNS(=O)(=O)CC#N. The number of rotatable bonds is 8. The molecule has 0 aromatic heterocycles. The molecule has 1 amide bonds. The van der Waals surface area contributed by atoms with Gasteiger partial charge in [-0.3, -0.25) is 4.79 Å². The maximum Gasteiger partial charge on any atom is 0.225 e. The molecule has 0 aromatic rings. The van der Waals surface area contributed by atoms with Crippen LogP contribution in [0.3, 0.4) is 0 Å². The van der Waals surface area contributed by atoms with Gasteiger partial charge in [-0.15, -0.1) is 0 Å². The van der Waals surface area contributed by atoms with Crippen molar-refractivity contribution in [2.45, 2.75) is 6.42 Å². The van der Waals surface area contributed by atoms with E-state index in [9.17, 15) is 13.2 Å². The number of methoxy groups -OCH3 is 1. The smallest absolute Gasteiger partial charge is 0.225 e. The van der Waals surface area contributed by atoms with Crippen LogP contribution in [0, 0.1) is 11.3 Å². The first-order chi connectivity index (χ1) is 7.52. The van der Waals surface area contributed by atoms with Gasteiger partial charge in [0.2, 0.25) is 15.9 Å². The number of carbonyl (C=O) groups is 1. The van der Waals surface area contributed by atoms with Gasteiger partial charge >= 0.3 is 0 Å². The summed E-state index contributed by atoms with van der Waals surface area (Å²) in [5.74, 6) is -0.866. The average Bonchev–Trinajstić information content (AvgIpc) is 2.17. The third-order valence-electron chi connectivity index (χ3n) is 1.56. The van der Waals surface area contributed by atoms with Crippen molar-refractivity contribution in [3.05, 3.63) is 0 Å². The molecule has 0 rings (SSSR count). The van der Waals surface area contributed by atoms with Crippen LogP contribution >= 0.6 is 0 Å². The molecule has 0 radical (unpaired) electrons. The molecular weight excluding hydrogens is 234 g/mol. The summed E-state index contributed by atoms with van der Waals surface area (Å²) < 4.78 is 28.8. The van der Waals surface area contributed by atoms with Gasteiger partial charge in [0.15, 0.2) is 5.75 Å². The summed E-state index contributed by atoms with van der Waals surface area (Å²) in [6.07, 6.45) is 0.0361. The van der Waals surface area contributed by atoms with E-state index in [0.29, 0.717) is 13.2 Å². The third-order valence-corrected chi connectivity index (χ3v) is 2.71. The molecule has 0 aliphatic heterocycles. The number of hydrogen-bond donors (Lipinski definition) is 2. The van der Waals surface area contributed by atoms with Gasteiger partial charge in [-0.1, -0.05) is 0 Å². The van der Waals surface area contributed by atoms with E-state index in [2.05, 4.69) is 10.0 Å². The first-order valence-electron chi connectivity index (χ1n) is 4.62.